The average Bonchev–Trinajstić information content (AvgIpc) is 1.99. The van der Waals surface area contributed by atoms with Crippen molar-refractivity contribution in [1.82, 2.24) is 0 Å². The van der Waals surface area contributed by atoms with Gasteiger partial charge in [-0.25, -0.2) is 0 Å². The molecule has 0 rings (SSSR count). The minimum Gasteiger partial charge on any atom is -0.259 e. The van der Waals surface area contributed by atoms with E-state index in [-0.39, 0.29) is 5.75 Å². The smallest absolute Gasteiger partial charge is 0.259 e. The van der Waals surface area contributed by atoms with Crippen LogP contribution in [0.15, 0.2) is 0 Å². The van der Waals surface area contributed by atoms with Gasteiger partial charge in [-0.15, -0.1) is 9.79 Å². The normalized spacial score (nSPS) is 12.7. The Morgan fingerprint density at radius 3 is 1.71 bits per heavy atom. The summed E-state index contributed by atoms with van der Waals surface area (Å²) < 4.78 is 33.8. The fourth-order valence-corrected chi connectivity index (χ4v) is 1.55. The Bertz CT molecular complexity index is 345. The van der Waals surface area contributed by atoms with E-state index < -0.39 is 27.8 Å². The largest absolute Gasteiger partial charge is 0.692 e. The summed E-state index contributed by atoms with van der Waals surface area (Å²) in [6.45, 7) is 4.24. The summed E-state index contributed by atoms with van der Waals surface area (Å²) in [5, 5.41) is 0. The lowest BCUT2D eigenvalue weighted by atomic mass is 10.2. The van der Waals surface area contributed by atoms with E-state index in [1.165, 1.54) is 20.8 Å². The van der Waals surface area contributed by atoms with Crippen LogP contribution in [0.3, 0.4) is 0 Å². The van der Waals surface area contributed by atoms with Crippen molar-refractivity contribution in [2.75, 3.05) is 5.75 Å². The summed E-state index contributed by atoms with van der Waals surface area (Å²) in [6.07, 6.45) is 0. The molecule has 6 nitrogen and oxygen atoms in total. The highest BCUT2D eigenvalue weighted by Gasteiger charge is 2.44. The monoisotopic (exact) mass is 349 g/mol. The lowest BCUT2D eigenvalue weighted by Gasteiger charge is -2.30. The lowest BCUT2D eigenvalue weighted by Crippen LogP contribution is -2.41. The average molecular weight is 351 g/mol. The predicted octanol–water partition coefficient (Wildman–Crippen LogP) is 2.13. The molecule has 0 aromatic rings. The van der Waals surface area contributed by atoms with Crippen LogP contribution < -0.4 is 0 Å². The summed E-state index contributed by atoms with van der Waals surface area (Å²) >= 11 is 16.6. The van der Waals surface area contributed by atoms with Crippen molar-refractivity contribution in [3.8, 4) is 0 Å². The molecule has 104 valence electrons. The first-order chi connectivity index (χ1) is 7.25. The Labute approximate surface area is 116 Å². The van der Waals surface area contributed by atoms with Crippen LogP contribution in [0.25, 0.3) is 0 Å². The molecule has 17 heavy (non-hydrogen) atoms. The molecular weight excluding hydrogens is 337 g/mol. The minimum absolute atomic E-state index is 0.156. The maximum atomic E-state index is 11.1. The summed E-state index contributed by atoms with van der Waals surface area (Å²) in [5.74, 6) is -0.156. The molecule has 0 saturated heterocycles. The van der Waals surface area contributed by atoms with Gasteiger partial charge in [0.2, 0.25) is 3.79 Å². The summed E-state index contributed by atoms with van der Waals surface area (Å²) in [6, 6.07) is 0. The molecule has 0 heterocycles. The fraction of sp³-hybridized carbons (Fsp3) is 1.00. The van der Waals surface area contributed by atoms with Crippen molar-refractivity contribution in [3.05, 3.63) is 0 Å². The second-order valence-corrected chi connectivity index (χ2v) is 7.84. The Balaban J connectivity index is 0. The molecule has 0 spiro atoms. The molecule has 0 aliphatic rings. The third-order valence-corrected chi connectivity index (χ3v) is 4.11. The third kappa shape index (κ3) is 10.4. The number of hydrogen-bond acceptors (Lipinski definition) is 4. The SMILES string of the molecule is CCS(=O)(=O)OC(C)(C)C(Cl)(Cl)Cl.O=[P+](O)O. The highest BCUT2D eigenvalue weighted by atomic mass is 35.6. The summed E-state index contributed by atoms with van der Waals surface area (Å²) in [7, 11) is -6.48. The zero-order valence-electron chi connectivity index (χ0n) is 9.22. The molecular formula is C6H13Cl3O6PS+. The quantitative estimate of drug-likeness (QED) is 0.459. The standard InChI is InChI=1S/C6H11Cl3O3S.HO3P/c1-4-13(10,11)12-5(2,3)6(7,8)9;1-4(2)3/h4H2,1-3H3;(H-,1,2,3)/p+1. The van der Waals surface area contributed by atoms with Crippen molar-refractivity contribution >= 4 is 53.2 Å². The number of halogens is 3. The molecule has 11 heteroatoms. The molecule has 0 radical (unpaired) electrons. The van der Waals surface area contributed by atoms with Gasteiger partial charge >= 0.3 is 8.25 Å². The molecule has 0 saturated carbocycles. The van der Waals surface area contributed by atoms with Gasteiger partial charge in [-0.05, 0) is 20.8 Å². The van der Waals surface area contributed by atoms with Crippen molar-refractivity contribution < 1.29 is 27.0 Å². The molecule has 0 fully saturated rings. The van der Waals surface area contributed by atoms with Crippen LogP contribution in [0.4, 0.5) is 0 Å². The summed E-state index contributed by atoms with van der Waals surface area (Å²) in [5.41, 5.74) is -1.37. The van der Waals surface area contributed by atoms with Crippen LogP contribution in [0.1, 0.15) is 20.8 Å². The van der Waals surface area contributed by atoms with Crippen molar-refractivity contribution in [2.24, 2.45) is 0 Å². The molecule has 0 bridgehead atoms. The number of hydrogen-bond donors (Lipinski definition) is 2. The maximum Gasteiger partial charge on any atom is 0.692 e. The van der Waals surface area contributed by atoms with Crippen LogP contribution in [0.2, 0.25) is 0 Å². The van der Waals surface area contributed by atoms with Crippen LogP contribution in [-0.2, 0) is 18.9 Å². The van der Waals surface area contributed by atoms with Gasteiger partial charge in [0.15, 0.2) is 0 Å². The van der Waals surface area contributed by atoms with Crippen LogP contribution in [0, 0.1) is 0 Å². The molecule has 0 aliphatic carbocycles. The Morgan fingerprint density at radius 1 is 1.24 bits per heavy atom. The topological polar surface area (TPSA) is 101 Å². The molecule has 0 aromatic heterocycles. The first-order valence-corrected chi connectivity index (χ1v) is 7.98. The number of rotatable bonds is 3. The zero-order chi connectivity index (χ0) is 14.5. The van der Waals surface area contributed by atoms with Gasteiger partial charge in [0.25, 0.3) is 10.1 Å². The van der Waals surface area contributed by atoms with E-state index in [4.69, 9.17) is 53.3 Å². The maximum absolute atomic E-state index is 11.1. The van der Waals surface area contributed by atoms with Gasteiger partial charge in [-0.2, -0.15) is 8.42 Å². The van der Waals surface area contributed by atoms with Gasteiger partial charge in [-0.1, -0.05) is 34.8 Å². The van der Waals surface area contributed by atoms with E-state index in [1.807, 2.05) is 0 Å². The van der Waals surface area contributed by atoms with E-state index in [0.717, 1.165) is 0 Å². The van der Waals surface area contributed by atoms with Crippen LogP contribution >= 0.6 is 43.1 Å². The number of alkyl halides is 3. The highest BCUT2D eigenvalue weighted by Crippen LogP contribution is 2.41. The van der Waals surface area contributed by atoms with Gasteiger partial charge < -0.3 is 0 Å². The van der Waals surface area contributed by atoms with E-state index >= 15 is 0 Å². The Morgan fingerprint density at radius 2 is 1.53 bits per heavy atom. The summed E-state index contributed by atoms with van der Waals surface area (Å²) in [4.78, 5) is 14.2. The first-order valence-electron chi connectivity index (χ1n) is 4.10. The predicted molar refractivity (Wildman–Crippen MR) is 67.0 cm³/mol. The van der Waals surface area contributed by atoms with Crippen molar-refractivity contribution in [3.63, 3.8) is 0 Å². The molecule has 0 unspecified atom stereocenters. The fourth-order valence-electron chi connectivity index (χ4n) is 0.424. The van der Waals surface area contributed by atoms with Crippen molar-refractivity contribution in [2.45, 2.75) is 30.2 Å². The molecule has 0 aliphatic heterocycles. The molecule has 0 amide bonds. The van der Waals surface area contributed by atoms with E-state index in [0.29, 0.717) is 0 Å². The van der Waals surface area contributed by atoms with Crippen LogP contribution in [0.5, 0.6) is 0 Å². The van der Waals surface area contributed by atoms with Gasteiger partial charge in [0.05, 0.1) is 5.75 Å². The van der Waals surface area contributed by atoms with Crippen molar-refractivity contribution in [1.29, 1.82) is 0 Å². The van der Waals surface area contributed by atoms with Gasteiger partial charge in [0, 0.05) is 4.57 Å². The molecule has 0 aromatic carbocycles. The second-order valence-electron chi connectivity index (χ2n) is 3.19. The molecule has 2 N–H and O–H groups in total. The van der Waals surface area contributed by atoms with Gasteiger partial charge in [0.1, 0.15) is 5.60 Å². The molecule has 0 atom stereocenters. The Kier molecular flexibility index (Phi) is 8.76. The third-order valence-electron chi connectivity index (χ3n) is 1.37. The second kappa shape index (κ2) is 7.40. The van der Waals surface area contributed by atoms with E-state index in [1.54, 1.807) is 0 Å². The van der Waals surface area contributed by atoms with Crippen LogP contribution in [-0.4, -0.2) is 33.4 Å². The zero-order valence-corrected chi connectivity index (χ0v) is 13.2. The lowest BCUT2D eigenvalue weighted by molar-refractivity contribution is 0.123. The first kappa shape index (κ1) is 20.1. The minimum atomic E-state index is -3.61. The van der Waals surface area contributed by atoms with Gasteiger partial charge in [-0.3, -0.25) is 4.18 Å². The van der Waals surface area contributed by atoms with E-state index in [2.05, 4.69) is 0 Å². The van der Waals surface area contributed by atoms with E-state index in [9.17, 15) is 8.42 Å². The highest BCUT2D eigenvalue weighted by molar-refractivity contribution is 7.86. The Hall–Kier alpha value is 0.800.